The summed E-state index contributed by atoms with van der Waals surface area (Å²) in [5.74, 6) is -7.91. The van der Waals surface area contributed by atoms with Gasteiger partial charge >= 0.3 is 53.7 Å². The number of methoxy groups -OCH3 is 1. The average molecular weight is 897 g/mol. The number of carboxylic acids is 8. The summed E-state index contributed by atoms with van der Waals surface area (Å²) in [7, 11) is 1.33. The van der Waals surface area contributed by atoms with Crippen molar-refractivity contribution in [2.24, 2.45) is 0 Å². The quantitative estimate of drug-likeness (QED) is 0.0377. The number of carboxylic acid groups (broad SMARTS) is 8. The van der Waals surface area contributed by atoms with Crippen molar-refractivity contribution in [3.05, 3.63) is 223 Å². The van der Waals surface area contributed by atoms with Crippen LogP contribution in [-0.2, 0) is 47.9 Å². The maximum absolute atomic E-state index is 10.2. The molecule has 0 radical (unpaired) electrons. The van der Waals surface area contributed by atoms with Crippen LogP contribution in [0.4, 0.5) is 0 Å². The molecule has 0 bridgehead atoms. The van der Waals surface area contributed by atoms with Gasteiger partial charge in [0, 0.05) is 54.7 Å². The third kappa shape index (κ3) is 171. The third-order valence-electron chi connectivity index (χ3n) is 3.57. The van der Waals surface area contributed by atoms with Gasteiger partial charge in [0.05, 0.1) is 7.11 Å². The molecule has 0 aliphatic carbocycles. The van der Waals surface area contributed by atoms with E-state index in [1.807, 2.05) is 0 Å². The van der Waals surface area contributed by atoms with Crippen LogP contribution in [0.25, 0.3) is 0 Å². The average Bonchev–Trinajstić information content (AvgIpc) is 3.23. The topological polar surface area (TPSA) is 325 Å². The molecule has 0 aromatic rings. The van der Waals surface area contributed by atoms with E-state index in [4.69, 9.17) is 40.9 Å². The Balaban J connectivity index is -0.0000000760. The Morgan fingerprint density at radius 2 is 0.375 bits per heavy atom. The van der Waals surface area contributed by atoms with Crippen molar-refractivity contribution in [1.82, 2.24) is 0 Å². The molecule has 0 heterocycles. The second-order valence-electron chi connectivity index (χ2n) is 8.58. The zero-order chi connectivity index (χ0) is 52.0. The zero-order valence-corrected chi connectivity index (χ0v) is 35.1. The Labute approximate surface area is 372 Å². The van der Waals surface area contributed by atoms with Gasteiger partial charge in [-0.15, -0.1) is 0 Å². The van der Waals surface area contributed by atoms with E-state index in [2.05, 4.69) is 63.9 Å². The highest BCUT2D eigenvalue weighted by Gasteiger charge is 1.85. The number of carbonyl (C=O) groups excluding carboxylic acids is 1. The van der Waals surface area contributed by atoms with Gasteiger partial charge < -0.3 is 45.6 Å². The van der Waals surface area contributed by atoms with Crippen LogP contribution >= 0.6 is 0 Å². The number of carbonyl (C=O) groups is 9. The van der Waals surface area contributed by atoms with E-state index in [1.165, 1.54) is 123 Å². The highest BCUT2D eigenvalue weighted by atomic mass is 16.5. The normalized spacial score (nSPS) is 9.14. The Bertz CT molecular complexity index is 1400. The van der Waals surface area contributed by atoms with Crippen LogP contribution in [0.1, 0.15) is 0 Å². The van der Waals surface area contributed by atoms with E-state index in [9.17, 15) is 43.2 Å². The SMILES string of the molecule is C=CC=CC(=O)O.C=CC=CC(=O)O.C=CC=CC(=O)O.C=CC=CC(=O)O.C=CC=CC(=O)O.C=CC=CC(=O)O.C=CC=CC(=O)O.C=CC=CC(=O)O.C=CC=CC(=O)OC. The number of ether oxygens (including phenoxy) is 1. The van der Waals surface area contributed by atoms with Crippen LogP contribution in [0.5, 0.6) is 0 Å². The summed E-state index contributed by atoms with van der Waals surface area (Å²) in [6, 6.07) is 0. The zero-order valence-electron chi connectivity index (χ0n) is 35.1. The molecule has 0 rings (SSSR count). The molecule has 0 saturated heterocycles. The third-order valence-corrected chi connectivity index (χ3v) is 3.57. The number of allylic oxidation sites excluding steroid dienone is 18. The second-order valence-corrected chi connectivity index (χ2v) is 8.58. The summed E-state index contributed by atoms with van der Waals surface area (Å²) < 4.78 is 4.28. The van der Waals surface area contributed by atoms with Crippen molar-refractivity contribution >= 4 is 53.7 Å². The van der Waals surface area contributed by atoms with Crippen LogP contribution in [-0.4, -0.2) is 102 Å². The van der Waals surface area contributed by atoms with Gasteiger partial charge in [0.25, 0.3) is 0 Å². The summed E-state index contributed by atoms with van der Waals surface area (Å²) in [5, 5.41) is 63.3. The number of hydrogen-bond donors (Lipinski definition) is 8. The summed E-state index contributed by atoms with van der Waals surface area (Å²) in [4.78, 5) is 87.2. The molecule has 8 N–H and O–H groups in total. The molecule has 0 aromatic heterocycles. The minimum absolute atomic E-state index is 0.357. The van der Waals surface area contributed by atoms with Crippen molar-refractivity contribution in [2.75, 3.05) is 7.11 Å². The highest BCUT2D eigenvalue weighted by molar-refractivity contribution is 5.83. The Morgan fingerprint density at radius 3 is 0.438 bits per heavy atom. The molecule has 0 fully saturated rings. The van der Waals surface area contributed by atoms with Crippen LogP contribution in [0, 0.1) is 0 Å². The van der Waals surface area contributed by atoms with Crippen LogP contribution in [0.3, 0.4) is 0 Å². The lowest BCUT2D eigenvalue weighted by Crippen LogP contribution is -1.92. The predicted molar refractivity (Wildman–Crippen MR) is 247 cm³/mol. The fraction of sp³-hybridized carbons (Fsp3) is 0.0217. The smallest absolute Gasteiger partial charge is 0.330 e. The lowest BCUT2D eigenvalue weighted by atomic mass is 10.5. The van der Waals surface area contributed by atoms with Gasteiger partial charge in [-0.05, 0) is 0 Å². The first-order chi connectivity index (χ1) is 30.0. The number of hydrogen-bond acceptors (Lipinski definition) is 10. The highest BCUT2D eigenvalue weighted by Crippen LogP contribution is 1.77. The minimum atomic E-state index is -0.945. The van der Waals surface area contributed by atoms with E-state index in [0.29, 0.717) is 0 Å². The van der Waals surface area contributed by atoms with Crippen LogP contribution in [0.15, 0.2) is 223 Å². The van der Waals surface area contributed by atoms with Gasteiger partial charge in [-0.25, -0.2) is 43.2 Å². The standard InChI is InChI=1S/C6H8O2.8C5H6O2/c1-3-4-5-6(7)8-2;8*1-2-3-4-5(6)7/h3-5H,1H2,2H3;8*2-4H,1H2,(H,6,7). The van der Waals surface area contributed by atoms with Gasteiger partial charge in [0.1, 0.15) is 0 Å². The van der Waals surface area contributed by atoms with Gasteiger partial charge in [-0.3, -0.25) is 0 Å². The summed E-state index contributed by atoms with van der Waals surface area (Å²) in [5.41, 5.74) is 0. The van der Waals surface area contributed by atoms with Gasteiger partial charge in [0.2, 0.25) is 0 Å². The molecule has 18 heteroatoms. The van der Waals surface area contributed by atoms with E-state index in [0.717, 1.165) is 48.6 Å². The first-order valence-electron chi connectivity index (χ1n) is 16.5. The summed E-state index contributed by atoms with van der Waals surface area (Å²) in [6.07, 6.45) is 34.7. The molecule has 64 heavy (non-hydrogen) atoms. The van der Waals surface area contributed by atoms with E-state index in [1.54, 1.807) is 0 Å². The van der Waals surface area contributed by atoms with Crippen LogP contribution in [0.2, 0.25) is 0 Å². The molecule has 0 aliphatic heterocycles. The molecule has 0 spiro atoms. The molecule has 0 aromatic carbocycles. The van der Waals surface area contributed by atoms with Crippen molar-refractivity contribution in [2.45, 2.75) is 0 Å². The van der Waals surface area contributed by atoms with Crippen molar-refractivity contribution in [1.29, 1.82) is 0 Å². The minimum Gasteiger partial charge on any atom is -0.478 e. The molecule has 0 unspecified atom stereocenters. The molecule has 18 nitrogen and oxygen atoms in total. The Morgan fingerprint density at radius 1 is 0.266 bits per heavy atom. The van der Waals surface area contributed by atoms with Crippen molar-refractivity contribution < 1.29 is 88.7 Å². The van der Waals surface area contributed by atoms with Gasteiger partial charge in [-0.2, -0.15) is 0 Å². The first kappa shape index (κ1) is 75.4. The Kier molecular flexibility index (Phi) is 84.0. The van der Waals surface area contributed by atoms with Gasteiger partial charge in [-0.1, -0.05) is 169 Å². The number of esters is 1. The van der Waals surface area contributed by atoms with Crippen molar-refractivity contribution in [3.8, 4) is 0 Å². The van der Waals surface area contributed by atoms with E-state index < -0.39 is 47.8 Å². The van der Waals surface area contributed by atoms with E-state index >= 15 is 0 Å². The largest absolute Gasteiger partial charge is 0.478 e. The maximum atomic E-state index is 10.2. The molecule has 348 valence electrons. The first-order valence-corrected chi connectivity index (χ1v) is 16.5. The molecule has 0 amide bonds. The maximum Gasteiger partial charge on any atom is 0.330 e. The molecule has 0 atom stereocenters. The fourth-order valence-electron chi connectivity index (χ4n) is 1.42. The number of rotatable bonds is 18. The lowest BCUT2D eigenvalue weighted by Gasteiger charge is -1.85. The monoisotopic (exact) mass is 896 g/mol. The van der Waals surface area contributed by atoms with Crippen LogP contribution < -0.4 is 0 Å². The molecular weight excluding hydrogens is 840 g/mol. The lowest BCUT2D eigenvalue weighted by molar-refractivity contribution is -0.135. The van der Waals surface area contributed by atoms with Gasteiger partial charge in [0.15, 0.2) is 0 Å². The second kappa shape index (κ2) is 71.3. The molecule has 0 aliphatic rings. The summed E-state index contributed by atoms with van der Waals surface area (Å²) >= 11 is 0. The summed E-state index contributed by atoms with van der Waals surface area (Å²) in [6.45, 7) is 29.6. The van der Waals surface area contributed by atoms with E-state index in [-0.39, 0.29) is 5.97 Å². The molecular formula is C46H56O18. The fourth-order valence-corrected chi connectivity index (χ4v) is 1.42. The molecule has 0 saturated carbocycles. The van der Waals surface area contributed by atoms with Crippen molar-refractivity contribution in [3.63, 3.8) is 0 Å². The number of aliphatic carboxylic acids is 8. The Hall–Kier alpha value is -9.45. The predicted octanol–water partition coefficient (Wildman–Crippen LogP) is 7.41.